The standard InChI is InChI=1S/C50H66ClN11O11S2/c1-50(2,3)38-27-54-40(73-38)30-74-42-28-56-49(75-42)59-46(66)32-7-13-61(14-8-32)41(64)11-17-69-19-21-71-22-20-70-18-12-53-45(65)31-9-15-62(16-10-31)48-55-26-35(51)44(58-48)57-34-23-33-24-37(72-29-39(63)52-4)47(67)60(5)43(33)36(25-34)68-6/h23-28,31-32H,7-22,29-30H2,1-6H3,(H,52,63)(H,53,65)(H,55,57,58)(H,56,59,66). The number of likely N-dealkylation sites (tertiary alicyclic amines) is 1. The number of thiazole rings is 1. The summed E-state index contributed by atoms with van der Waals surface area (Å²) < 4.78 is 36.3. The van der Waals surface area contributed by atoms with E-state index in [1.54, 1.807) is 54.3 Å². The number of fused-ring (bicyclic) bond motifs is 1. The Bertz CT molecular complexity index is 2810. The van der Waals surface area contributed by atoms with Crippen LogP contribution in [0.4, 0.5) is 22.6 Å². The molecule has 0 spiro atoms. The number of nitrogens with one attached hydrogen (secondary N) is 4. The lowest BCUT2D eigenvalue weighted by molar-refractivity contribution is -0.135. The molecule has 4 amide bonds. The fraction of sp³-hybridized carbons (Fsp3) is 0.540. The van der Waals surface area contributed by atoms with E-state index in [-0.39, 0.29) is 71.3 Å². The summed E-state index contributed by atoms with van der Waals surface area (Å²) in [6.45, 7) is 10.5. The van der Waals surface area contributed by atoms with Crippen LogP contribution in [0.1, 0.15) is 64.5 Å². The molecule has 2 aliphatic rings. The maximum absolute atomic E-state index is 13.0. The van der Waals surface area contributed by atoms with Crippen LogP contribution in [0.2, 0.25) is 5.02 Å². The molecule has 0 atom stereocenters. The van der Waals surface area contributed by atoms with Gasteiger partial charge in [0.15, 0.2) is 23.3 Å². The molecule has 2 saturated heterocycles. The maximum Gasteiger partial charge on any atom is 0.293 e. The predicted octanol–water partition coefficient (Wildman–Crippen LogP) is 5.54. The molecule has 75 heavy (non-hydrogen) atoms. The first-order chi connectivity index (χ1) is 36.1. The van der Waals surface area contributed by atoms with Gasteiger partial charge in [0.05, 0.1) is 87.2 Å². The number of rotatable bonds is 25. The lowest BCUT2D eigenvalue weighted by Crippen LogP contribution is -2.42. The first-order valence-electron chi connectivity index (χ1n) is 24.8. The van der Waals surface area contributed by atoms with Crippen molar-refractivity contribution >= 4 is 91.8 Å². The molecular formula is C50H66ClN11O11S2. The van der Waals surface area contributed by atoms with Gasteiger partial charge in [0.1, 0.15) is 16.5 Å². The lowest BCUT2D eigenvalue weighted by Gasteiger charge is -2.31. The molecule has 2 aliphatic heterocycles. The molecular weight excluding hydrogens is 1030 g/mol. The van der Waals surface area contributed by atoms with Crippen LogP contribution < -0.4 is 41.2 Å². The summed E-state index contributed by atoms with van der Waals surface area (Å²) in [5.41, 5.74) is 0.580. The summed E-state index contributed by atoms with van der Waals surface area (Å²) in [4.78, 5) is 85.3. The summed E-state index contributed by atoms with van der Waals surface area (Å²) in [7, 11) is 4.58. The Morgan fingerprint density at radius 2 is 1.56 bits per heavy atom. The molecule has 5 aromatic rings. The van der Waals surface area contributed by atoms with Crippen molar-refractivity contribution < 1.29 is 47.3 Å². The van der Waals surface area contributed by atoms with Gasteiger partial charge in [-0.25, -0.2) is 15.0 Å². The molecule has 4 aromatic heterocycles. The summed E-state index contributed by atoms with van der Waals surface area (Å²) in [5, 5.41) is 13.1. The van der Waals surface area contributed by atoms with Crippen LogP contribution in [-0.4, -0.2) is 146 Å². The number of aryl methyl sites for hydroxylation is 1. The summed E-state index contributed by atoms with van der Waals surface area (Å²) in [6, 6.07) is 5.07. The van der Waals surface area contributed by atoms with E-state index in [9.17, 15) is 24.0 Å². The number of benzene rings is 1. The highest BCUT2D eigenvalue weighted by molar-refractivity contribution is 8.00. The number of thioether (sulfide) groups is 1. The molecule has 406 valence electrons. The molecule has 0 bridgehead atoms. The highest BCUT2D eigenvalue weighted by atomic mass is 35.5. The van der Waals surface area contributed by atoms with Gasteiger partial charge in [0.25, 0.3) is 11.5 Å². The van der Waals surface area contributed by atoms with Crippen molar-refractivity contribution in [1.29, 1.82) is 0 Å². The largest absolute Gasteiger partial charge is 0.494 e. The Hall–Kier alpha value is -6.05. The number of amides is 4. The minimum Gasteiger partial charge on any atom is -0.494 e. The molecule has 1 aromatic carbocycles. The summed E-state index contributed by atoms with van der Waals surface area (Å²) >= 11 is 9.53. The third kappa shape index (κ3) is 16.0. The van der Waals surface area contributed by atoms with Crippen molar-refractivity contribution in [3.8, 4) is 11.5 Å². The number of halogens is 1. The van der Waals surface area contributed by atoms with Gasteiger partial charge in [-0.1, -0.05) is 43.7 Å². The monoisotopic (exact) mass is 1100 g/mol. The Kier molecular flexibility index (Phi) is 20.5. The second kappa shape index (κ2) is 27.1. The normalized spacial score (nSPS) is 14.5. The number of carbonyl (C=O) groups excluding carboxylic acids is 4. The number of ether oxygens (including phenoxy) is 5. The highest BCUT2D eigenvalue weighted by Crippen LogP contribution is 2.35. The Labute approximate surface area is 448 Å². The number of likely N-dealkylation sites (N-methyl/N-ethyl adjacent to an activating group) is 1. The van der Waals surface area contributed by atoms with E-state index in [0.717, 1.165) is 9.97 Å². The zero-order valence-electron chi connectivity index (χ0n) is 43.2. The van der Waals surface area contributed by atoms with Crippen LogP contribution in [0.5, 0.6) is 11.5 Å². The van der Waals surface area contributed by atoms with E-state index in [4.69, 9.17) is 44.7 Å². The van der Waals surface area contributed by atoms with Gasteiger partial charge in [0, 0.05) is 81.2 Å². The van der Waals surface area contributed by atoms with Crippen molar-refractivity contribution in [2.75, 3.05) is 109 Å². The number of carbonyl (C=O) groups is 4. The van der Waals surface area contributed by atoms with Gasteiger partial charge in [-0.2, -0.15) is 4.98 Å². The Morgan fingerprint density at radius 1 is 0.867 bits per heavy atom. The Balaban J connectivity index is 0.709. The summed E-state index contributed by atoms with van der Waals surface area (Å²) in [5.74, 6) is 2.46. The van der Waals surface area contributed by atoms with Gasteiger partial charge in [-0.15, -0.1) is 11.8 Å². The van der Waals surface area contributed by atoms with Crippen molar-refractivity contribution in [3.63, 3.8) is 0 Å². The minimum atomic E-state index is -0.421. The average molecular weight is 1100 g/mol. The van der Waals surface area contributed by atoms with Gasteiger partial charge >= 0.3 is 0 Å². The molecule has 7 rings (SSSR count). The highest BCUT2D eigenvalue weighted by Gasteiger charge is 2.29. The minimum absolute atomic E-state index is 0.00174. The van der Waals surface area contributed by atoms with E-state index in [1.165, 1.54) is 36.3 Å². The van der Waals surface area contributed by atoms with Crippen LogP contribution in [-0.2, 0) is 51.6 Å². The third-order valence-electron chi connectivity index (χ3n) is 12.6. The smallest absolute Gasteiger partial charge is 0.293 e. The molecule has 0 unspecified atom stereocenters. The first kappa shape index (κ1) is 56.7. The number of piperidine rings is 2. The third-order valence-corrected chi connectivity index (χ3v) is 14.9. The van der Waals surface area contributed by atoms with Crippen molar-refractivity contribution in [2.24, 2.45) is 18.9 Å². The van der Waals surface area contributed by atoms with Crippen molar-refractivity contribution in [3.05, 3.63) is 63.8 Å². The number of pyridine rings is 1. The zero-order chi connectivity index (χ0) is 53.5. The lowest BCUT2D eigenvalue weighted by atomic mass is 9.94. The quantitative estimate of drug-likeness (QED) is 0.0413. The van der Waals surface area contributed by atoms with E-state index < -0.39 is 5.56 Å². The number of aromatic nitrogens is 5. The average Bonchev–Trinajstić information content (AvgIpc) is 4.09. The van der Waals surface area contributed by atoms with Crippen LogP contribution in [0.3, 0.4) is 0 Å². The van der Waals surface area contributed by atoms with Crippen molar-refractivity contribution in [2.45, 2.75) is 68.3 Å². The molecule has 2 fully saturated rings. The van der Waals surface area contributed by atoms with E-state index in [0.29, 0.717) is 142 Å². The van der Waals surface area contributed by atoms with Crippen LogP contribution in [0.15, 0.2) is 50.2 Å². The van der Waals surface area contributed by atoms with Gasteiger partial charge < -0.3 is 63.7 Å². The summed E-state index contributed by atoms with van der Waals surface area (Å²) in [6.07, 6.45) is 7.68. The predicted molar refractivity (Wildman–Crippen MR) is 285 cm³/mol. The van der Waals surface area contributed by atoms with Gasteiger partial charge in [-0.05, 0) is 37.8 Å². The second-order valence-electron chi connectivity index (χ2n) is 18.9. The van der Waals surface area contributed by atoms with Crippen LogP contribution >= 0.6 is 34.7 Å². The zero-order valence-corrected chi connectivity index (χ0v) is 45.6. The topological polar surface area (TPSA) is 256 Å². The fourth-order valence-corrected chi connectivity index (χ4v) is 10.1. The van der Waals surface area contributed by atoms with Crippen LogP contribution in [0, 0.1) is 11.8 Å². The van der Waals surface area contributed by atoms with E-state index in [1.807, 2.05) is 4.90 Å². The maximum atomic E-state index is 13.0. The number of oxazole rings is 1. The number of anilines is 4. The number of hydrogen-bond acceptors (Lipinski definition) is 19. The molecule has 6 heterocycles. The van der Waals surface area contributed by atoms with Crippen molar-refractivity contribution in [1.82, 2.24) is 40.0 Å². The second-order valence-corrected chi connectivity index (χ2v) is 21.6. The van der Waals surface area contributed by atoms with E-state index >= 15 is 0 Å². The molecule has 22 nitrogen and oxygen atoms in total. The number of methoxy groups -OCH3 is 1. The number of nitrogens with zero attached hydrogens (tertiary/aromatic N) is 7. The van der Waals surface area contributed by atoms with Gasteiger partial charge in [0.2, 0.25) is 29.6 Å². The van der Waals surface area contributed by atoms with E-state index in [2.05, 4.69) is 57.0 Å². The fourth-order valence-electron chi connectivity index (χ4n) is 8.28. The Morgan fingerprint density at radius 3 is 2.25 bits per heavy atom. The SMILES string of the molecule is CNC(=O)COc1cc2cc(Nc3nc(N4CCC(C(=O)NCCOCCOCCOCCC(=O)N5CCC(C(=O)Nc6ncc(SCc7ncc(C(C)(C)C)o7)s6)CC5)CC4)ncc3Cl)cc(OC)c2n(C)c1=O. The first-order valence-corrected chi connectivity index (χ1v) is 27.0. The van der Waals surface area contributed by atoms with Gasteiger partial charge in [-0.3, -0.25) is 24.0 Å². The molecule has 0 saturated carbocycles. The van der Waals surface area contributed by atoms with Crippen LogP contribution in [0.25, 0.3) is 10.9 Å². The molecule has 4 N–H and O–H groups in total. The molecule has 0 radical (unpaired) electrons. The molecule has 0 aliphatic carbocycles. The number of hydrogen-bond donors (Lipinski definition) is 4. The molecule has 25 heteroatoms.